The van der Waals surface area contributed by atoms with Gasteiger partial charge in [0.05, 0.1) is 11.7 Å². The number of hydrogen-bond acceptors (Lipinski definition) is 1. The van der Waals surface area contributed by atoms with E-state index in [1.54, 1.807) is 0 Å². The summed E-state index contributed by atoms with van der Waals surface area (Å²) in [5.41, 5.74) is 0.323. The van der Waals surface area contributed by atoms with Gasteiger partial charge in [0.15, 0.2) is 0 Å². The number of ether oxygens (including phenoxy) is 1. The summed E-state index contributed by atoms with van der Waals surface area (Å²) in [4.78, 5) is 0. The molecule has 0 aromatic carbocycles. The van der Waals surface area contributed by atoms with E-state index >= 15 is 0 Å². The molecule has 0 aromatic rings. The van der Waals surface area contributed by atoms with Gasteiger partial charge in [0.2, 0.25) is 0 Å². The van der Waals surface area contributed by atoms with Gasteiger partial charge in [-0.1, -0.05) is 12.8 Å². The van der Waals surface area contributed by atoms with Crippen LogP contribution in [0.3, 0.4) is 0 Å². The molecule has 0 amide bonds. The van der Waals surface area contributed by atoms with Crippen LogP contribution in [0.4, 0.5) is 0 Å². The molecule has 2 aliphatic carbocycles. The summed E-state index contributed by atoms with van der Waals surface area (Å²) >= 11 is 6.17. The van der Waals surface area contributed by atoms with E-state index in [9.17, 15) is 0 Å². The molecule has 0 bridgehead atoms. The normalized spacial score (nSPS) is 42.2. The van der Waals surface area contributed by atoms with E-state index in [1.807, 2.05) is 0 Å². The second-order valence-corrected chi connectivity index (χ2v) is 6.80. The highest BCUT2D eigenvalue weighted by Crippen LogP contribution is 2.45. The minimum Gasteiger partial charge on any atom is -0.372 e. The lowest BCUT2D eigenvalue weighted by Crippen LogP contribution is -2.25. The summed E-state index contributed by atoms with van der Waals surface area (Å²) in [7, 11) is 0. The van der Waals surface area contributed by atoms with Crippen molar-refractivity contribution in [2.75, 3.05) is 0 Å². The lowest BCUT2D eigenvalue weighted by Gasteiger charge is -2.24. The highest BCUT2D eigenvalue weighted by Gasteiger charge is 2.42. The van der Waals surface area contributed by atoms with Crippen LogP contribution in [-0.4, -0.2) is 17.1 Å². The predicted molar refractivity (Wildman–Crippen MR) is 66.9 cm³/mol. The van der Waals surface area contributed by atoms with Gasteiger partial charge in [-0.05, 0) is 57.3 Å². The first kappa shape index (κ1) is 11.3. The van der Waals surface area contributed by atoms with Crippen molar-refractivity contribution in [1.29, 1.82) is 0 Å². The molecule has 3 aliphatic rings. The fourth-order valence-corrected chi connectivity index (χ4v) is 4.43. The van der Waals surface area contributed by atoms with E-state index in [0.717, 1.165) is 5.92 Å². The Bertz CT molecular complexity index is 247. The lowest BCUT2D eigenvalue weighted by atomic mass is 9.95. The maximum atomic E-state index is 6.36. The lowest BCUT2D eigenvalue weighted by molar-refractivity contribution is -0.0438. The van der Waals surface area contributed by atoms with Gasteiger partial charge in [-0.3, -0.25) is 0 Å². The molecule has 1 spiro atoms. The average Bonchev–Trinajstić information content (AvgIpc) is 2.94. The average molecular weight is 243 g/mol. The van der Waals surface area contributed by atoms with Crippen molar-refractivity contribution in [2.24, 2.45) is 5.92 Å². The van der Waals surface area contributed by atoms with Gasteiger partial charge in [-0.25, -0.2) is 0 Å². The predicted octanol–water partition coefficient (Wildman–Crippen LogP) is 4.28. The van der Waals surface area contributed by atoms with Crippen LogP contribution in [0, 0.1) is 5.92 Å². The molecule has 1 aliphatic heterocycles. The number of rotatable bonds is 2. The molecule has 1 heterocycles. The quantitative estimate of drug-likeness (QED) is 0.657. The maximum Gasteiger partial charge on any atom is 0.0687 e. The minimum atomic E-state index is 0.323. The van der Waals surface area contributed by atoms with Crippen LogP contribution in [-0.2, 0) is 4.74 Å². The van der Waals surface area contributed by atoms with E-state index < -0.39 is 0 Å². The Kier molecular flexibility index (Phi) is 3.19. The van der Waals surface area contributed by atoms with Gasteiger partial charge in [-0.2, -0.15) is 0 Å². The molecular weight excluding hydrogens is 220 g/mol. The van der Waals surface area contributed by atoms with Crippen molar-refractivity contribution in [2.45, 2.75) is 81.3 Å². The first-order valence-electron chi connectivity index (χ1n) is 7.08. The number of halogens is 1. The molecule has 0 aromatic heterocycles. The van der Waals surface area contributed by atoms with Crippen molar-refractivity contribution in [3.8, 4) is 0 Å². The molecule has 1 saturated heterocycles. The van der Waals surface area contributed by atoms with Crippen molar-refractivity contribution >= 4 is 11.6 Å². The molecule has 0 N–H and O–H groups in total. The Morgan fingerprint density at radius 2 is 1.88 bits per heavy atom. The van der Waals surface area contributed by atoms with Gasteiger partial charge in [0, 0.05) is 5.38 Å². The maximum absolute atomic E-state index is 6.36. The van der Waals surface area contributed by atoms with Crippen LogP contribution in [0.15, 0.2) is 0 Å². The van der Waals surface area contributed by atoms with Crippen molar-refractivity contribution in [1.82, 2.24) is 0 Å². The molecule has 3 unspecified atom stereocenters. The van der Waals surface area contributed by atoms with Crippen molar-refractivity contribution in [3.63, 3.8) is 0 Å². The molecule has 16 heavy (non-hydrogen) atoms. The second kappa shape index (κ2) is 4.49. The zero-order valence-electron chi connectivity index (χ0n) is 10.1. The van der Waals surface area contributed by atoms with Gasteiger partial charge in [-0.15, -0.1) is 11.6 Å². The fraction of sp³-hybridized carbons (Fsp3) is 1.00. The highest BCUT2D eigenvalue weighted by atomic mass is 35.5. The van der Waals surface area contributed by atoms with Crippen LogP contribution in [0.2, 0.25) is 0 Å². The van der Waals surface area contributed by atoms with Crippen LogP contribution < -0.4 is 0 Å². The third-order valence-electron chi connectivity index (χ3n) is 4.93. The third kappa shape index (κ3) is 2.26. The largest absolute Gasteiger partial charge is 0.372 e. The SMILES string of the molecule is ClC1CCC(CC2CCC3(CCCC3)O2)C1. The van der Waals surface area contributed by atoms with E-state index in [0.29, 0.717) is 17.1 Å². The second-order valence-electron chi connectivity index (χ2n) is 6.18. The monoisotopic (exact) mass is 242 g/mol. The van der Waals surface area contributed by atoms with Gasteiger partial charge < -0.3 is 4.74 Å². The Balaban J connectivity index is 1.50. The fourth-order valence-electron chi connectivity index (χ4n) is 4.05. The summed E-state index contributed by atoms with van der Waals surface area (Å²) in [5, 5.41) is 0.451. The molecule has 92 valence electrons. The summed E-state index contributed by atoms with van der Waals surface area (Å²) in [6.07, 6.45) is 13.7. The van der Waals surface area contributed by atoms with E-state index in [-0.39, 0.29) is 0 Å². The number of alkyl halides is 1. The molecule has 2 heteroatoms. The molecule has 2 saturated carbocycles. The van der Waals surface area contributed by atoms with Crippen molar-refractivity contribution in [3.05, 3.63) is 0 Å². The summed E-state index contributed by atoms with van der Waals surface area (Å²) in [6.45, 7) is 0. The molecular formula is C14H23ClO. The Hall–Kier alpha value is 0.250. The molecule has 3 fully saturated rings. The van der Waals surface area contributed by atoms with Crippen LogP contribution in [0.1, 0.15) is 64.2 Å². The molecule has 3 rings (SSSR count). The smallest absolute Gasteiger partial charge is 0.0687 e. The number of hydrogen-bond donors (Lipinski definition) is 0. The van der Waals surface area contributed by atoms with E-state index in [1.165, 1.54) is 64.2 Å². The topological polar surface area (TPSA) is 9.23 Å². The van der Waals surface area contributed by atoms with Gasteiger partial charge in [0.1, 0.15) is 0 Å². The Morgan fingerprint density at radius 1 is 1.06 bits per heavy atom. The minimum absolute atomic E-state index is 0.323. The molecule has 3 atom stereocenters. The van der Waals surface area contributed by atoms with Crippen LogP contribution >= 0.6 is 11.6 Å². The summed E-state index contributed by atoms with van der Waals surface area (Å²) < 4.78 is 6.36. The van der Waals surface area contributed by atoms with Crippen molar-refractivity contribution < 1.29 is 4.74 Å². The van der Waals surface area contributed by atoms with E-state index in [2.05, 4.69) is 0 Å². The standard InChI is InChI=1S/C14H23ClO/c15-12-4-3-11(9-12)10-13-5-8-14(16-13)6-1-2-7-14/h11-13H,1-10H2. The molecule has 0 radical (unpaired) electrons. The van der Waals surface area contributed by atoms with Gasteiger partial charge in [0.25, 0.3) is 0 Å². The van der Waals surface area contributed by atoms with E-state index in [4.69, 9.17) is 16.3 Å². The third-order valence-corrected chi connectivity index (χ3v) is 5.32. The Morgan fingerprint density at radius 3 is 2.56 bits per heavy atom. The van der Waals surface area contributed by atoms with Crippen LogP contribution in [0.25, 0.3) is 0 Å². The van der Waals surface area contributed by atoms with Crippen LogP contribution in [0.5, 0.6) is 0 Å². The Labute approximate surface area is 104 Å². The first-order valence-corrected chi connectivity index (χ1v) is 7.51. The van der Waals surface area contributed by atoms with Gasteiger partial charge >= 0.3 is 0 Å². The zero-order valence-corrected chi connectivity index (χ0v) is 10.8. The first-order chi connectivity index (χ1) is 7.76. The zero-order chi connectivity index (χ0) is 11.0. The summed E-state index contributed by atoms with van der Waals surface area (Å²) in [6, 6.07) is 0. The summed E-state index contributed by atoms with van der Waals surface area (Å²) in [5.74, 6) is 0.851. The highest BCUT2D eigenvalue weighted by molar-refractivity contribution is 6.20. The molecule has 1 nitrogen and oxygen atoms in total.